The number of amides is 1. The summed E-state index contributed by atoms with van der Waals surface area (Å²) in [5.74, 6) is 1.07. The van der Waals surface area contributed by atoms with Gasteiger partial charge >= 0.3 is 0 Å². The van der Waals surface area contributed by atoms with E-state index in [0.29, 0.717) is 30.4 Å². The number of fused-ring (bicyclic) bond motifs is 1. The summed E-state index contributed by atoms with van der Waals surface area (Å²) in [4.78, 5) is 12.4. The Bertz CT molecular complexity index is 859. The molecule has 2 aromatic rings. The minimum absolute atomic E-state index is 0.151. The maximum Gasteiger partial charge on any atom is 0.228 e. The van der Waals surface area contributed by atoms with Gasteiger partial charge in [-0.2, -0.15) is 0 Å². The molecule has 0 aromatic heterocycles. The smallest absolute Gasteiger partial charge is 0.228 e. The predicted molar refractivity (Wildman–Crippen MR) is 89.3 cm³/mol. The van der Waals surface area contributed by atoms with Crippen molar-refractivity contribution in [1.29, 1.82) is 0 Å². The summed E-state index contributed by atoms with van der Waals surface area (Å²) in [7, 11) is -3.23. The zero-order chi connectivity index (χ0) is 17.2. The summed E-state index contributed by atoms with van der Waals surface area (Å²) >= 11 is 0. The summed E-state index contributed by atoms with van der Waals surface area (Å²) < 4.78 is 33.8. The van der Waals surface area contributed by atoms with E-state index in [0.717, 1.165) is 11.8 Å². The highest BCUT2D eigenvalue weighted by atomic mass is 32.2. The van der Waals surface area contributed by atoms with Crippen LogP contribution >= 0.6 is 0 Å². The molecule has 3 rings (SSSR count). The number of carbonyl (C=O) groups excluding carboxylic acids is 1. The lowest BCUT2D eigenvalue weighted by Crippen LogP contribution is -2.17. The van der Waals surface area contributed by atoms with Gasteiger partial charge in [0.05, 0.1) is 11.3 Å². The van der Waals surface area contributed by atoms with E-state index in [4.69, 9.17) is 9.47 Å². The molecule has 0 saturated carbocycles. The molecule has 0 atom stereocenters. The van der Waals surface area contributed by atoms with Crippen LogP contribution in [-0.4, -0.2) is 33.8 Å². The Morgan fingerprint density at radius 2 is 1.71 bits per heavy atom. The molecule has 1 amide bonds. The Kier molecular flexibility index (Phi) is 4.44. The lowest BCUT2D eigenvalue weighted by atomic mass is 10.1. The summed E-state index contributed by atoms with van der Waals surface area (Å²) in [6.45, 7) is 0.999. The van der Waals surface area contributed by atoms with Crippen molar-refractivity contribution in [2.24, 2.45) is 0 Å². The van der Waals surface area contributed by atoms with Crippen molar-refractivity contribution in [3.05, 3.63) is 48.0 Å². The summed E-state index contributed by atoms with van der Waals surface area (Å²) in [6.07, 6.45) is 1.30. The molecule has 0 bridgehead atoms. The van der Waals surface area contributed by atoms with Crippen molar-refractivity contribution in [3.8, 4) is 11.5 Å². The van der Waals surface area contributed by atoms with Gasteiger partial charge in [-0.1, -0.05) is 12.1 Å². The molecule has 6 nitrogen and oxygen atoms in total. The van der Waals surface area contributed by atoms with E-state index in [1.165, 1.54) is 12.1 Å². The van der Waals surface area contributed by atoms with Gasteiger partial charge in [0.25, 0.3) is 0 Å². The Labute approximate surface area is 140 Å². The van der Waals surface area contributed by atoms with Crippen molar-refractivity contribution < 1.29 is 22.7 Å². The van der Waals surface area contributed by atoms with E-state index >= 15 is 0 Å². The number of nitrogens with one attached hydrogen (secondary N) is 1. The lowest BCUT2D eigenvalue weighted by Gasteiger charge is -2.19. The highest BCUT2D eigenvalue weighted by Gasteiger charge is 2.13. The van der Waals surface area contributed by atoms with Crippen LogP contribution in [-0.2, 0) is 21.1 Å². The zero-order valence-corrected chi connectivity index (χ0v) is 13.9. The van der Waals surface area contributed by atoms with Gasteiger partial charge in [0, 0.05) is 18.0 Å². The molecule has 2 aromatic carbocycles. The number of carbonyl (C=O) groups is 1. The summed E-state index contributed by atoms with van der Waals surface area (Å²) in [5, 5.41) is 2.79. The third-order valence-electron chi connectivity index (χ3n) is 3.54. The van der Waals surface area contributed by atoms with Crippen LogP contribution in [0.25, 0.3) is 0 Å². The third-order valence-corrected chi connectivity index (χ3v) is 4.67. The van der Waals surface area contributed by atoms with E-state index in [-0.39, 0.29) is 17.2 Å². The maximum atomic E-state index is 12.1. The van der Waals surface area contributed by atoms with Crippen LogP contribution in [0.5, 0.6) is 11.5 Å². The number of anilines is 1. The van der Waals surface area contributed by atoms with E-state index < -0.39 is 9.84 Å². The Balaban J connectivity index is 1.65. The van der Waals surface area contributed by atoms with Gasteiger partial charge in [0.1, 0.15) is 13.2 Å². The second-order valence-electron chi connectivity index (χ2n) is 5.50. The first-order valence-corrected chi connectivity index (χ1v) is 9.29. The SMILES string of the molecule is CS(=O)(=O)c1ccc(CC(=O)Nc2ccc3c(c2)OCCO3)cc1. The van der Waals surface area contributed by atoms with Gasteiger partial charge in [-0.15, -0.1) is 0 Å². The van der Waals surface area contributed by atoms with E-state index in [9.17, 15) is 13.2 Å². The maximum absolute atomic E-state index is 12.1. The van der Waals surface area contributed by atoms with Crippen LogP contribution in [0.1, 0.15) is 5.56 Å². The molecule has 1 heterocycles. The van der Waals surface area contributed by atoms with E-state index in [2.05, 4.69) is 5.32 Å². The molecule has 0 fully saturated rings. The number of hydrogen-bond donors (Lipinski definition) is 1. The molecule has 126 valence electrons. The summed E-state index contributed by atoms with van der Waals surface area (Å²) in [6, 6.07) is 11.5. The van der Waals surface area contributed by atoms with Gasteiger partial charge in [-0.3, -0.25) is 4.79 Å². The van der Waals surface area contributed by atoms with Crippen molar-refractivity contribution in [2.75, 3.05) is 24.8 Å². The van der Waals surface area contributed by atoms with Gasteiger partial charge in [-0.05, 0) is 29.8 Å². The van der Waals surface area contributed by atoms with Crippen LogP contribution in [0.15, 0.2) is 47.4 Å². The van der Waals surface area contributed by atoms with E-state index in [1.54, 1.807) is 30.3 Å². The molecule has 0 saturated heterocycles. The molecule has 1 N–H and O–H groups in total. The second kappa shape index (κ2) is 6.52. The number of hydrogen-bond acceptors (Lipinski definition) is 5. The fourth-order valence-corrected chi connectivity index (χ4v) is 3.00. The molecule has 7 heteroatoms. The average molecular weight is 347 g/mol. The second-order valence-corrected chi connectivity index (χ2v) is 7.52. The molecule has 1 aliphatic heterocycles. The molecular formula is C17H17NO5S. The van der Waals surface area contributed by atoms with Crippen LogP contribution < -0.4 is 14.8 Å². The first-order chi connectivity index (χ1) is 11.4. The number of sulfone groups is 1. The van der Waals surface area contributed by atoms with Crippen molar-refractivity contribution >= 4 is 21.4 Å². The average Bonchev–Trinajstić information content (AvgIpc) is 2.54. The molecule has 1 aliphatic rings. The van der Waals surface area contributed by atoms with E-state index in [1.807, 2.05) is 0 Å². The van der Waals surface area contributed by atoms with Crippen LogP contribution in [0, 0.1) is 0 Å². The van der Waals surface area contributed by atoms with Crippen molar-refractivity contribution in [2.45, 2.75) is 11.3 Å². The minimum Gasteiger partial charge on any atom is -0.486 e. The third kappa shape index (κ3) is 3.86. The Hall–Kier alpha value is -2.54. The molecule has 24 heavy (non-hydrogen) atoms. The van der Waals surface area contributed by atoms with Gasteiger partial charge in [0.15, 0.2) is 21.3 Å². The fraction of sp³-hybridized carbons (Fsp3) is 0.235. The first kappa shape index (κ1) is 16.3. The summed E-state index contributed by atoms with van der Waals surface area (Å²) in [5.41, 5.74) is 1.36. The minimum atomic E-state index is -3.23. The van der Waals surface area contributed by atoms with Crippen molar-refractivity contribution in [3.63, 3.8) is 0 Å². The predicted octanol–water partition coefficient (Wildman–Crippen LogP) is 2.04. The first-order valence-electron chi connectivity index (χ1n) is 7.40. The topological polar surface area (TPSA) is 81.7 Å². The zero-order valence-electron chi connectivity index (χ0n) is 13.1. The number of ether oxygens (including phenoxy) is 2. The van der Waals surface area contributed by atoms with Gasteiger partial charge in [-0.25, -0.2) is 8.42 Å². The monoisotopic (exact) mass is 347 g/mol. The Morgan fingerprint density at radius 3 is 2.38 bits per heavy atom. The van der Waals surface area contributed by atoms with Gasteiger partial charge in [0.2, 0.25) is 5.91 Å². The van der Waals surface area contributed by atoms with Crippen LogP contribution in [0.4, 0.5) is 5.69 Å². The fourth-order valence-electron chi connectivity index (χ4n) is 2.37. The van der Waals surface area contributed by atoms with Crippen LogP contribution in [0.2, 0.25) is 0 Å². The standard InChI is InChI=1S/C17H17NO5S/c1-24(20,21)14-5-2-12(3-6-14)10-17(19)18-13-4-7-15-16(11-13)23-9-8-22-15/h2-7,11H,8-10H2,1H3,(H,18,19). The van der Waals surface area contributed by atoms with Crippen molar-refractivity contribution in [1.82, 2.24) is 0 Å². The number of rotatable bonds is 4. The Morgan fingerprint density at radius 1 is 1.04 bits per heavy atom. The highest BCUT2D eigenvalue weighted by Crippen LogP contribution is 2.32. The normalized spacial score (nSPS) is 13.4. The molecule has 0 unspecified atom stereocenters. The number of benzene rings is 2. The molecule has 0 radical (unpaired) electrons. The van der Waals surface area contributed by atoms with Gasteiger partial charge < -0.3 is 14.8 Å². The molecule has 0 spiro atoms. The quantitative estimate of drug-likeness (QED) is 0.915. The lowest BCUT2D eigenvalue weighted by molar-refractivity contribution is -0.115. The molecular weight excluding hydrogens is 330 g/mol. The largest absolute Gasteiger partial charge is 0.486 e. The van der Waals surface area contributed by atoms with Crippen LogP contribution in [0.3, 0.4) is 0 Å². The highest BCUT2D eigenvalue weighted by molar-refractivity contribution is 7.90. The molecule has 0 aliphatic carbocycles.